The molecule has 136 valence electrons. The van der Waals surface area contributed by atoms with Crippen molar-refractivity contribution in [3.05, 3.63) is 62.7 Å². The maximum atomic E-state index is 12.7. The number of halogens is 1. The van der Waals surface area contributed by atoms with E-state index in [-0.39, 0.29) is 11.6 Å². The van der Waals surface area contributed by atoms with Crippen LogP contribution < -0.4 is 10.2 Å². The lowest BCUT2D eigenvalue weighted by Gasteiger charge is -2.31. The van der Waals surface area contributed by atoms with E-state index in [0.717, 1.165) is 31.6 Å². The van der Waals surface area contributed by atoms with Gasteiger partial charge in [-0.05, 0) is 50.5 Å². The highest BCUT2D eigenvalue weighted by molar-refractivity contribution is 6.34. The fourth-order valence-electron chi connectivity index (χ4n) is 3.25. The number of hydrogen-bond acceptors (Lipinski definition) is 4. The summed E-state index contributed by atoms with van der Waals surface area (Å²) in [7, 11) is 0. The molecule has 1 fully saturated rings. The number of piperidine rings is 1. The van der Waals surface area contributed by atoms with Gasteiger partial charge in [0.1, 0.15) is 0 Å². The second-order valence-electron chi connectivity index (χ2n) is 6.40. The maximum Gasteiger partial charge on any atom is 0.272 e. The van der Waals surface area contributed by atoms with Crippen LogP contribution in [-0.2, 0) is 0 Å². The summed E-state index contributed by atoms with van der Waals surface area (Å²) < 4.78 is 0. The third kappa shape index (κ3) is 3.80. The van der Waals surface area contributed by atoms with Crippen molar-refractivity contribution in [2.45, 2.75) is 26.2 Å². The molecule has 1 N–H and O–H groups in total. The Morgan fingerprint density at radius 3 is 2.58 bits per heavy atom. The Balaban J connectivity index is 1.87. The first-order valence-corrected chi connectivity index (χ1v) is 8.95. The van der Waals surface area contributed by atoms with E-state index in [1.165, 1.54) is 24.6 Å². The number of amides is 1. The van der Waals surface area contributed by atoms with E-state index in [1.54, 1.807) is 13.0 Å². The monoisotopic (exact) mass is 373 g/mol. The Bertz CT molecular complexity index is 848. The number of carbonyl (C=O) groups excluding carboxylic acids is 1. The summed E-state index contributed by atoms with van der Waals surface area (Å²) in [5.74, 6) is -0.316. The van der Waals surface area contributed by atoms with Crippen molar-refractivity contribution >= 4 is 34.6 Å². The van der Waals surface area contributed by atoms with Gasteiger partial charge < -0.3 is 10.2 Å². The predicted octanol–water partition coefficient (Wildman–Crippen LogP) is 4.80. The number of nitro benzene ring substituents is 1. The van der Waals surface area contributed by atoms with Crippen molar-refractivity contribution in [2.24, 2.45) is 0 Å². The normalized spacial score (nSPS) is 14.2. The fourth-order valence-corrected chi connectivity index (χ4v) is 3.55. The molecular formula is C19H20ClN3O3. The highest BCUT2D eigenvalue weighted by atomic mass is 35.5. The minimum Gasteiger partial charge on any atom is -0.369 e. The second kappa shape index (κ2) is 7.74. The molecule has 1 heterocycles. The number of hydrogen-bond donors (Lipinski definition) is 1. The lowest BCUT2D eigenvalue weighted by molar-refractivity contribution is -0.385. The van der Waals surface area contributed by atoms with Gasteiger partial charge in [-0.15, -0.1) is 0 Å². The molecule has 2 aromatic rings. The van der Waals surface area contributed by atoms with Gasteiger partial charge in [0.25, 0.3) is 11.6 Å². The lowest BCUT2D eigenvalue weighted by atomic mass is 10.1. The van der Waals surface area contributed by atoms with Crippen LogP contribution in [0.3, 0.4) is 0 Å². The van der Waals surface area contributed by atoms with E-state index in [4.69, 9.17) is 11.6 Å². The van der Waals surface area contributed by atoms with Gasteiger partial charge in [0.05, 0.1) is 21.3 Å². The van der Waals surface area contributed by atoms with Crippen molar-refractivity contribution in [1.29, 1.82) is 0 Å². The minimum atomic E-state index is -0.456. The molecular weight excluding hydrogens is 354 g/mol. The number of rotatable bonds is 4. The Labute approximate surface area is 156 Å². The van der Waals surface area contributed by atoms with E-state index in [1.807, 2.05) is 12.1 Å². The van der Waals surface area contributed by atoms with Gasteiger partial charge in [-0.1, -0.05) is 17.7 Å². The number of nitrogens with zero attached hydrogens (tertiary/aromatic N) is 2. The van der Waals surface area contributed by atoms with Crippen LogP contribution in [0.2, 0.25) is 5.02 Å². The third-order valence-electron chi connectivity index (χ3n) is 4.56. The molecule has 2 aromatic carbocycles. The van der Waals surface area contributed by atoms with Crippen molar-refractivity contribution < 1.29 is 9.72 Å². The quantitative estimate of drug-likeness (QED) is 0.617. The third-order valence-corrected chi connectivity index (χ3v) is 4.87. The highest BCUT2D eigenvalue weighted by Crippen LogP contribution is 2.36. The van der Waals surface area contributed by atoms with Gasteiger partial charge in [0.2, 0.25) is 0 Å². The van der Waals surface area contributed by atoms with Crippen molar-refractivity contribution in [2.75, 3.05) is 23.3 Å². The molecule has 3 rings (SSSR count). The van der Waals surface area contributed by atoms with Crippen LogP contribution in [0.1, 0.15) is 35.2 Å². The van der Waals surface area contributed by atoms with E-state index in [9.17, 15) is 14.9 Å². The van der Waals surface area contributed by atoms with Gasteiger partial charge in [-0.2, -0.15) is 0 Å². The molecule has 1 amide bonds. The molecule has 1 aliphatic rings. The van der Waals surface area contributed by atoms with Gasteiger partial charge in [0, 0.05) is 30.3 Å². The molecule has 0 atom stereocenters. The summed E-state index contributed by atoms with van der Waals surface area (Å²) in [4.78, 5) is 25.3. The van der Waals surface area contributed by atoms with E-state index in [0.29, 0.717) is 21.8 Å². The standard InChI is InChI=1S/C19H20ClN3O3/c1-13-12-14(8-9-17(13)23(25)26)19(24)21-16-7-5-6-15(20)18(16)22-10-3-2-4-11-22/h5-9,12H,2-4,10-11H2,1H3,(H,21,24). The first kappa shape index (κ1) is 18.2. The molecule has 26 heavy (non-hydrogen) atoms. The van der Waals surface area contributed by atoms with Crippen LogP contribution in [0, 0.1) is 17.0 Å². The minimum absolute atomic E-state index is 0.00156. The van der Waals surface area contributed by atoms with E-state index < -0.39 is 4.92 Å². The zero-order valence-electron chi connectivity index (χ0n) is 14.5. The summed E-state index contributed by atoms with van der Waals surface area (Å²) in [6.07, 6.45) is 3.39. The maximum absolute atomic E-state index is 12.7. The summed E-state index contributed by atoms with van der Waals surface area (Å²) in [6, 6.07) is 9.79. The van der Waals surface area contributed by atoms with Gasteiger partial charge in [0.15, 0.2) is 0 Å². The zero-order valence-corrected chi connectivity index (χ0v) is 15.3. The molecule has 0 aromatic heterocycles. The van der Waals surface area contributed by atoms with Gasteiger partial charge in [-0.3, -0.25) is 14.9 Å². The molecule has 0 spiro atoms. The number of para-hydroxylation sites is 1. The first-order chi connectivity index (χ1) is 12.5. The van der Waals surface area contributed by atoms with Crippen LogP contribution in [-0.4, -0.2) is 23.9 Å². The van der Waals surface area contributed by atoms with Crippen LogP contribution >= 0.6 is 11.6 Å². The van der Waals surface area contributed by atoms with Crippen molar-refractivity contribution in [3.8, 4) is 0 Å². The molecule has 7 heteroatoms. The van der Waals surface area contributed by atoms with Crippen LogP contribution in [0.5, 0.6) is 0 Å². The lowest BCUT2D eigenvalue weighted by Crippen LogP contribution is -2.30. The second-order valence-corrected chi connectivity index (χ2v) is 6.80. The number of nitro groups is 1. The van der Waals surface area contributed by atoms with Crippen molar-refractivity contribution in [1.82, 2.24) is 0 Å². The number of aryl methyl sites for hydroxylation is 1. The number of carbonyl (C=O) groups is 1. The van der Waals surface area contributed by atoms with Gasteiger partial charge >= 0.3 is 0 Å². The summed E-state index contributed by atoms with van der Waals surface area (Å²) in [5, 5.41) is 14.4. The summed E-state index contributed by atoms with van der Waals surface area (Å²) >= 11 is 6.41. The fraction of sp³-hybridized carbons (Fsp3) is 0.316. The smallest absolute Gasteiger partial charge is 0.272 e. The molecule has 0 bridgehead atoms. The molecule has 0 radical (unpaired) electrons. The topological polar surface area (TPSA) is 75.5 Å². The average molecular weight is 374 g/mol. The van der Waals surface area contributed by atoms with Gasteiger partial charge in [-0.25, -0.2) is 0 Å². The van der Waals surface area contributed by atoms with Crippen LogP contribution in [0.4, 0.5) is 17.1 Å². The van der Waals surface area contributed by atoms with Crippen LogP contribution in [0.25, 0.3) is 0 Å². The molecule has 0 aliphatic carbocycles. The SMILES string of the molecule is Cc1cc(C(=O)Nc2cccc(Cl)c2N2CCCCC2)ccc1[N+](=O)[O-]. The zero-order chi connectivity index (χ0) is 18.7. The van der Waals surface area contributed by atoms with E-state index in [2.05, 4.69) is 10.2 Å². The molecule has 0 saturated carbocycles. The molecule has 1 aliphatic heterocycles. The number of anilines is 2. The molecule has 0 unspecified atom stereocenters. The summed E-state index contributed by atoms with van der Waals surface area (Å²) in [5.41, 5.74) is 2.31. The number of benzene rings is 2. The Morgan fingerprint density at radius 2 is 1.92 bits per heavy atom. The Kier molecular flexibility index (Phi) is 5.42. The molecule has 6 nitrogen and oxygen atoms in total. The highest BCUT2D eigenvalue weighted by Gasteiger charge is 2.20. The summed E-state index contributed by atoms with van der Waals surface area (Å²) in [6.45, 7) is 3.43. The Morgan fingerprint density at radius 1 is 1.19 bits per heavy atom. The molecule has 1 saturated heterocycles. The van der Waals surface area contributed by atoms with Crippen molar-refractivity contribution in [3.63, 3.8) is 0 Å². The number of nitrogens with one attached hydrogen (secondary N) is 1. The van der Waals surface area contributed by atoms with E-state index >= 15 is 0 Å². The average Bonchev–Trinajstić information content (AvgIpc) is 2.62. The first-order valence-electron chi connectivity index (χ1n) is 8.57. The largest absolute Gasteiger partial charge is 0.369 e. The van der Waals surface area contributed by atoms with Crippen LogP contribution in [0.15, 0.2) is 36.4 Å². The Hall–Kier alpha value is -2.60. The predicted molar refractivity (Wildman–Crippen MR) is 103 cm³/mol.